The number of hydrogen-bond acceptors (Lipinski definition) is 0. The Morgan fingerprint density at radius 1 is 0.341 bits per heavy atom. The average Bonchev–Trinajstić information content (AvgIpc) is 3.65. The van der Waals surface area contributed by atoms with Crippen LogP contribution in [0.4, 0.5) is 0 Å². The zero-order valence-corrected chi connectivity index (χ0v) is 24.4. The van der Waals surface area contributed by atoms with Crippen LogP contribution in [0.3, 0.4) is 0 Å². The van der Waals surface area contributed by atoms with Gasteiger partial charge in [0.15, 0.2) is 0 Å². The van der Waals surface area contributed by atoms with E-state index in [0.717, 1.165) is 0 Å². The van der Waals surface area contributed by atoms with Gasteiger partial charge in [0.25, 0.3) is 0 Å². The molecular formula is C40H22Te. The molecule has 9 aromatic carbocycles. The van der Waals surface area contributed by atoms with E-state index in [1.54, 1.807) is 3.40 Å². The van der Waals surface area contributed by atoms with E-state index < -0.39 is 20.4 Å². The Morgan fingerprint density at radius 2 is 0.829 bits per heavy atom. The summed E-state index contributed by atoms with van der Waals surface area (Å²) in [7, 11) is 0. The first kappa shape index (κ1) is 22.3. The third-order valence-corrected chi connectivity index (χ3v) is 12.6. The van der Waals surface area contributed by atoms with Gasteiger partial charge < -0.3 is 0 Å². The summed E-state index contributed by atoms with van der Waals surface area (Å²) in [5, 5.41) is 15.7. The van der Waals surface area contributed by atoms with Crippen LogP contribution in [0.15, 0.2) is 133 Å². The van der Waals surface area contributed by atoms with Gasteiger partial charge in [-0.15, -0.1) is 0 Å². The molecule has 0 radical (unpaired) electrons. The fraction of sp³-hybridized carbons (Fsp3) is 0. The molecule has 10 aromatic rings. The van der Waals surface area contributed by atoms with Crippen LogP contribution in [0.5, 0.6) is 0 Å². The van der Waals surface area contributed by atoms with Crippen molar-refractivity contribution in [2.75, 3.05) is 0 Å². The van der Waals surface area contributed by atoms with Crippen molar-refractivity contribution in [2.24, 2.45) is 0 Å². The minimum atomic E-state index is -0.575. The van der Waals surface area contributed by atoms with Gasteiger partial charge in [0, 0.05) is 0 Å². The molecule has 0 aliphatic carbocycles. The van der Waals surface area contributed by atoms with Gasteiger partial charge in [-0.1, -0.05) is 0 Å². The van der Waals surface area contributed by atoms with E-state index in [-0.39, 0.29) is 0 Å². The molecule has 0 aliphatic heterocycles. The van der Waals surface area contributed by atoms with Gasteiger partial charge >= 0.3 is 248 Å². The number of fused-ring (bicyclic) bond motifs is 3. The Labute approximate surface area is 246 Å². The first-order valence-electron chi connectivity index (χ1n) is 14.2. The van der Waals surface area contributed by atoms with Crippen molar-refractivity contribution in [3.05, 3.63) is 133 Å². The van der Waals surface area contributed by atoms with Crippen LogP contribution in [0.25, 0.3) is 94.0 Å². The van der Waals surface area contributed by atoms with E-state index in [2.05, 4.69) is 133 Å². The maximum atomic E-state index is 2.54. The van der Waals surface area contributed by atoms with Crippen LogP contribution < -0.4 is 0 Å². The molecule has 0 spiro atoms. The summed E-state index contributed by atoms with van der Waals surface area (Å²) in [6, 6.07) is 50.0. The molecule has 0 saturated carbocycles. The van der Waals surface area contributed by atoms with Gasteiger partial charge in [0.1, 0.15) is 0 Å². The Balaban J connectivity index is 1.50. The fourth-order valence-corrected chi connectivity index (χ4v) is 10.8. The molecule has 1 heteroatoms. The van der Waals surface area contributed by atoms with Crippen molar-refractivity contribution >= 4 is 83.1 Å². The molecule has 0 nitrogen and oxygen atoms in total. The van der Waals surface area contributed by atoms with Gasteiger partial charge in [0.05, 0.1) is 0 Å². The van der Waals surface area contributed by atoms with E-state index in [0.29, 0.717) is 0 Å². The predicted molar refractivity (Wildman–Crippen MR) is 178 cm³/mol. The van der Waals surface area contributed by atoms with E-state index in [9.17, 15) is 0 Å². The van der Waals surface area contributed by atoms with Gasteiger partial charge in [-0.2, -0.15) is 0 Å². The average molecular weight is 630 g/mol. The molecule has 0 aliphatic rings. The molecular weight excluding hydrogens is 608 g/mol. The van der Waals surface area contributed by atoms with E-state index in [1.165, 1.54) is 90.6 Å². The molecule has 10 rings (SSSR count). The van der Waals surface area contributed by atoms with Gasteiger partial charge in [-0.05, 0) is 0 Å². The quantitative estimate of drug-likeness (QED) is 0.135. The Kier molecular flexibility index (Phi) is 4.39. The fourth-order valence-electron chi connectivity index (χ4n) is 7.40. The molecule has 1 heterocycles. The standard InChI is InChI=1S/C40H22Te/c1-4-10-23(11-5-1)29-20-31-32-22-34(25-14-8-3-9-15-25)41-40(32)33-21-30(24-12-6-2-7-13-24)28-19-17-26-16-18-27(29)36-35(26)37(28)39(33)38(31)36/h1-22H. The summed E-state index contributed by atoms with van der Waals surface area (Å²) >= 11 is -0.575. The second-order valence-corrected chi connectivity index (χ2v) is 14.2. The topological polar surface area (TPSA) is 0 Å². The van der Waals surface area contributed by atoms with Gasteiger partial charge in [-0.25, -0.2) is 0 Å². The molecule has 0 amide bonds. The van der Waals surface area contributed by atoms with Crippen molar-refractivity contribution < 1.29 is 0 Å². The molecule has 0 saturated heterocycles. The third-order valence-electron chi connectivity index (χ3n) is 9.13. The molecule has 0 unspecified atom stereocenters. The second-order valence-electron chi connectivity index (χ2n) is 11.2. The molecule has 41 heavy (non-hydrogen) atoms. The van der Waals surface area contributed by atoms with Gasteiger partial charge in [-0.3, -0.25) is 0 Å². The van der Waals surface area contributed by atoms with Crippen molar-refractivity contribution in [3.8, 4) is 31.4 Å². The third kappa shape index (κ3) is 2.90. The molecule has 0 fully saturated rings. The number of rotatable bonds is 3. The van der Waals surface area contributed by atoms with E-state index in [4.69, 9.17) is 0 Å². The molecule has 0 N–H and O–H groups in total. The van der Waals surface area contributed by atoms with Gasteiger partial charge in [0.2, 0.25) is 0 Å². The summed E-state index contributed by atoms with van der Waals surface area (Å²) in [6.07, 6.45) is 0. The van der Waals surface area contributed by atoms with Crippen molar-refractivity contribution in [1.82, 2.24) is 0 Å². The predicted octanol–water partition coefficient (Wildman–Crippen LogP) is 11.0. The summed E-state index contributed by atoms with van der Waals surface area (Å²) in [4.78, 5) is 0. The van der Waals surface area contributed by atoms with E-state index in [1.807, 2.05) is 0 Å². The monoisotopic (exact) mass is 632 g/mol. The number of hydrogen-bond donors (Lipinski definition) is 0. The second kappa shape index (κ2) is 8.08. The maximum absolute atomic E-state index is 2.54. The van der Waals surface area contributed by atoms with Crippen LogP contribution in [0.1, 0.15) is 0 Å². The van der Waals surface area contributed by atoms with Crippen LogP contribution in [-0.4, -0.2) is 20.4 Å². The Hall–Kier alpha value is -4.41. The minimum absolute atomic E-state index is 0.575. The van der Waals surface area contributed by atoms with Crippen LogP contribution in [-0.2, 0) is 0 Å². The molecule has 0 atom stereocenters. The molecule has 0 bridgehead atoms. The SMILES string of the molecule is c1ccc(-c2cc3c4cc(-c5ccccc5)c5ccc6ccc7c(-c8ccccc8)cc(c3[te]2)c2c7c6c5c42)cc1. The number of benzene rings is 8. The first-order chi connectivity index (χ1) is 20.3. The summed E-state index contributed by atoms with van der Waals surface area (Å²) in [5.41, 5.74) is 6.65. The Bertz CT molecular complexity index is 2380. The zero-order chi connectivity index (χ0) is 26.7. The van der Waals surface area contributed by atoms with Crippen molar-refractivity contribution in [2.45, 2.75) is 0 Å². The summed E-state index contributed by atoms with van der Waals surface area (Å²) in [5.74, 6) is 0. The van der Waals surface area contributed by atoms with Crippen molar-refractivity contribution in [1.29, 1.82) is 0 Å². The van der Waals surface area contributed by atoms with Crippen molar-refractivity contribution in [3.63, 3.8) is 0 Å². The van der Waals surface area contributed by atoms with Crippen LogP contribution in [0.2, 0.25) is 0 Å². The summed E-state index contributed by atoms with van der Waals surface area (Å²) < 4.78 is 3.13. The van der Waals surface area contributed by atoms with E-state index >= 15 is 0 Å². The summed E-state index contributed by atoms with van der Waals surface area (Å²) in [6.45, 7) is 0. The molecule has 1 aromatic heterocycles. The van der Waals surface area contributed by atoms with Crippen LogP contribution in [0, 0.1) is 0 Å². The van der Waals surface area contributed by atoms with Crippen LogP contribution >= 0.6 is 0 Å². The zero-order valence-electron chi connectivity index (χ0n) is 22.1. The molecule has 188 valence electrons. The Morgan fingerprint density at radius 3 is 1.41 bits per heavy atom. The first-order valence-corrected chi connectivity index (χ1v) is 16.5. The normalized spacial score (nSPS) is 12.4.